The Balaban J connectivity index is 1.73. The van der Waals surface area contributed by atoms with E-state index < -0.39 is 11.5 Å². The maximum Gasteiger partial charge on any atom is 0.269 e. The van der Waals surface area contributed by atoms with Crippen LogP contribution >= 0.6 is 11.8 Å². The molecule has 3 rings (SSSR count). The summed E-state index contributed by atoms with van der Waals surface area (Å²) in [4.78, 5) is 39.2. The van der Waals surface area contributed by atoms with Gasteiger partial charge in [-0.1, -0.05) is 24.3 Å². The predicted molar refractivity (Wildman–Crippen MR) is 129 cm³/mol. The fraction of sp³-hybridized carbons (Fsp3) is 0.200. The van der Waals surface area contributed by atoms with E-state index in [4.69, 9.17) is 0 Å². The number of para-hydroxylation sites is 1. The van der Waals surface area contributed by atoms with Gasteiger partial charge in [-0.3, -0.25) is 14.4 Å². The Bertz CT molecular complexity index is 1290. The lowest BCUT2D eigenvalue weighted by Gasteiger charge is -2.14. The number of carbonyl (C=O) groups is 2. The van der Waals surface area contributed by atoms with Crippen LogP contribution in [0.25, 0.3) is 0 Å². The standard InChI is InChI=1S/C25H24N4O3S/c1-16-12-17(2)29(25(32)21(16)13-26)15-23(30)28-22-7-5-4-6-20(22)24(31)27-14-18-8-10-19(33-3)11-9-18/h4-12H,14-15H2,1-3H3,(H,27,31)(H,28,30). The molecule has 2 amide bonds. The molecule has 1 heterocycles. The zero-order valence-electron chi connectivity index (χ0n) is 18.6. The Labute approximate surface area is 196 Å². The molecule has 0 bridgehead atoms. The largest absolute Gasteiger partial charge is 0.348 e. The molecule has 2 N–H and O–H groups in total. The van der Waals surface area contributed by atoms with Crippen LogP contribution < -0.4 is 16.2 Å². The van der Waals surface area contributed by atoms with Gasteiger partial charge in [0, 0.05) is 17.1 Å². The summed E-state index contributed by atoms with van der Waals surface area (Å²) >= 11 is 1.65. The van der Waals surface area contributed by atoms with Crippen molar-refractivity contribution in [1.82, 2.24) is 9.88 Å². The molecule has 0 aliphatic rings. The van der Waals surface area contributed by atoms with Crippen LogP contribution in [0.3, 0.4) is 0 Å². The number of hydrogen-bond acceptors (Lipinski definition) is 5. The lowest BCUT2D eigenvalue weighted by molar-refractivity contribution is -0.116. The molecule has 0 unspecified atom stereocenters. The van der Waals surface area contributed by atoms with Crippen molar-refractivity contribution in [2.24, 2.45) is 0 Å². The maximum atomic E-state index is 12.8. The molecule has 0 aliphatic carbocycles. The normalized spacial score (nSPS) is 10.4. The quantitative estimate of drug-likeness (QED) is 0.524. The van der Waals surface area contributed by atoms with Gasteiger partial charge in [0.15, 0.2) is 0 Å². The number of rotatable bonds is 7. The van der Waals surface area contributed by atoms with E-state index >= 15 is 0 Å². The lowest BCUT2D eigenvalue weighted by atomic mass is 10.1. The van der Waals surface area contributed by atoms with Gasteiger partial charge in [0.05, 0.1) is 11.3 Å². The smallest absolute Gasteiger partial charge is 0.269 e. The molecule has 8 heteroatoms. The fourth-order valence-corrected chi connectivity index (χ4v) is 3.81. The minimum absolute atomic E-state index is 0.0127. The van der Waals surface area contributed by atoms with Crippen LogP contribution in [0.15, 0.2) is 64.3 Å². The van der Waals surface area contributed by atoms with Gasteiger partial charge < -0.3 is 15.2 Å². The van der Waals surface area contributed by atoms with Crippen molar-refractivity contribution in [1.29, 1.82) is 5.26 Å². The molecule has 0 atom stereocenters. The molecule has 168 valence electrons. The van der Waals surface area contributed by atoms with Gasteiger partial charge >= 0.3 is 0 Å². The first kappa shape index (κ1) is 23.8. The first-order chi connectivity index (χ1) is 15.8. The third-order valence-corrected chi connectivity index (χ3v) is 5.92. The summed E-state index contributed by atoms with van der Waals surface area (Å²) in [7, 11) is 0. The Morgan fingerprint density at radius 1 is 1.09 bits per heavy atom. The van der Waals surface area contributed by atoms with Crippen LogP contribution in [-0.2, 0) is 17.9 Å². The van der Waals surface area contributed by atoms with Crippen LogP contribution in [0.2, 0.25) is 0 Å². The number of nitrogens with one attached hydrogen (secondary N) is 2. The van der Waals surface area contributed by atoms with Crippen molar-refractivity contribution >= 4 is 29.3 Å². The second-order valence-electron chi connectivity index (χ2n) is 7.47. The number of anilines is 1. The molecule has 33 heavy (non-hydrogen) atoms. The van der Waals surface area contributed by atoms with Gasteiger partial charge in [-0.25, -0.2) is 0 Å². The van der Waals surface area contributed by atoms with Gasteiger partial charge in [-0.15, -0.1) is 11.8 Å². The summed E-state index contributed by atoms with van der Waals surface area (Å²) in [5.74, 6) is -0.795. The molecule has 7 nitrogen and oxygen atoms in total. The number of pyridine rings is 1. The average Bonchev–Trinajstić information content (AvgIpc) is 2.81. The Hall–Kier alpha value is -3.83. The van der Waals surface area contributed by atoms with Crippen molar-refractivity contribution in [3.8, 4) is 6.07 Å². The van der Waals surface area contributed by atoms with E-state index in [0.29, 0.717) is 29.1 Å². The minimum atomic E-state index is -0.510. The van der Waals surface area contributed by atoms with Crippen molar-refractivity contribution in [3.63, 3.8) is 0 Å². The summed E-state index contributed by atoms with van der Waals surface area (Å²) in [5.41, 5.74) is 2.27. The van der Waals surface area contributed by atoms with Gasteiger partial charge in [0.25, 0.3) is 11.5 Å². The SMILES string of the molecule is CSc1ccc(CNC(=O)c2ccccc2NC(=O)Cn2c(C)cc(C)c(C#N)c2=O)cc1. The zero-order valence-corrected chi connectivity index (χ0v) is 19.5. The van der Waals surface area contributed by atoms with Gasteiger partial charge in [-0.05, 0) is 61.6 Å². The first-order valence-electron chi connectivity index (χ1n) is 10.2. The Morgan fingerprint density at radius 2 is 1.79 bits per heavy atom. The number of nitriles is 1. The third kappa shape index (κ3) is 5.70. The van der Waals surface area contributed by atoms with Crippen molar-refractivity contribution in [3.05, 3.63) is 92.9 Å². The molecule has 0 aliphatic heterocycles. The molecular formula is C25H24N4O3S. The van der Waals surface area contributed by atoms with E-state index in [1.807, 2.05) is 36.6 Å². The second-order valence-corrected chi connectivity index (χ2v) is 8.35. The van der Waals surface area contributed by atoms with Crippen LogP contribution in [0.4, 0.5) is 5.69 Å². The molecule has 2 aromatic carbocycles. The van der Waals surface area contributed by atoms with E-state index in [9.17, 15) is 19.6 Å². The number of hydrogen-bond donors (Lipinski definition) is 2. The van der Waals surface area contributed by atoms with Crippen molar-refractivity contribution < 1.29 is 9.59 Å². The first-order valence-corrected chi connectivity index (χ1v) is 11.5. The summed E-state index contributed by atoms with van der Waals surface area (Å²) in [5, 5.41) is 14.8. The van der Waals surface area contributed by atoms with Crippen LogP contribution in [0.1, 0.15) is 32.7 Å². The third-order valence-electron chi connectivity index (χ3n) is 5.18. The maximum absolute atomic E-state index is 12.8. The van der Waals surface area contributed by atoms with Crippen LogP contribution in [0.5, 0.6) is 0 Å². The number of benzene rings is 2. The molecular weight excluding hydrogens is 436 g/mol. The number of carbonyl (C=O) groups excluding carboxylic acids is 2. The monoisotopic (exact) mass is 460 g/mol. The highest BCUT2D eigenvalue weighted by atomic mass is 32.2. The van der Waals surface area contributed by atoms with Crippen molar-refractivity contribution in [2.75, 3.05) is 11.6 Å². The van der Waals surface area contributed by atoms with Crippen LogP contribution in [-0.4, -0.2) is 22.6 Å². The molecule has 0 spiro atoms. The molecule has 0 fully saturated rings. The van der Waals surface area contributed by atoms with E-state index in [-0.39, 0.29) is 18.0 Å². The summed E-state index contributed by atoms with van der Waals surface area (Å²) in [6.45, 7) is 3.47. The van der Waals surface area contributed by atoms with E-state index in [1.54, 1.807) is 55.9 Å². The number of aromatic nitrogens is 1. The number of amides is 2. The topological polar surface area (TPSA) is 104 Å². The van der Waals surface area contributed by atoms with E-state index in [1.165, 1.54) is 4.57 Å². The number of nitrogens with zero attached hydrogens (tertiary/aromatic N) is 2. The Morgan fingerprint density at radius 3 is 2.45 bits per heavy atom. The highest BCUT2D eigenvalue weighted by molar-refractivity contribution is 7.98. The van der Waals surface area contributed by atoms with Gasteiger partial charge in [-0.2, -0.15) is 5.26 Å². The zero-order chi connectivity index (χ0) is 24.0. The molecule has 0 saturated heterocycles. The fourth-order valence-electron chi connectivity index (χ4n) is 3.40. The highest BCUT2D eigenvalue weighted by Gasteiger charge is 2.16. The van der Waals surface area contributed by atoms with E-state index in [2.05, 4.69) is 10.6 Å². The number of aryl methyl sites for hydroxylation is 2. The molecule has 0 saturated carbocycles. The van der Waals surface area contributed by atoms with Gasteiger partial charge in [0.2, 0.25) is 5.91 Å². The summed E-state index contributed by atoms with van der Waals surface area (Å²) in [6.07, 6.45) is 2.00. The predicted octanol–water partition coefficient (Wildman–Crippen LogP) is 3.63. The van der Waals surface area contributed by atoms with Gasteiger partial charge in [0.1, 0.15) is 18.2 Å². The summed E-state index contributed by atoms with van der Waals surface area (Å²) in [6, 6.07) is 18.2. The molecule has 1 aromatic heterocycles. The number of thioether (sulfide) groups is 1. The van der Waals surface area contributed by atoms with E-state index in [0.717, 1.165) is 10.5 Å². The average molecular weight is 461 g/mol. The molecule has 3 aromatic rings. The lowest BCUT2D eigenvalue weighted by Crippen LogP contribution is -2.32. The highest BCUT2D eigenvalue weighted by Crippen LogP contribution is 2.17. The Kier molecular flexibility index (Phi) is 7.70. The molecule has 0 radical (unpaired) electrons. The minimum Gasteiger partial charge on any atom is -0.348 e. The van der Waals surface area contributed by atoms with Crippen molar-refractivity contribution in [2.45, 2.75) is 31.8 Å². The second kappa shape index (κ2) is 10.7. The summed E-state index contributed by atoms with van der Waals surface area (Å²) < 4.78 is 1.25. The van der Waals surface area contributed by atoms with Crippen LogP contribution in [0, 0.1) is 25.2 Å².